The van der Waals surface area contributed by atoms with Crippen LogP contribution in [0.3, 0.4) is 0 Å². The predicted molar refractivity (Wildman–Crippen MR) is 435 cm³/mol. The van der Waals surface area contributed by atoms with Crippen molar-refractivity contribution in [2.75, 3.05) is 9.80 Å². The number of hydrogen-bond donors (Lipinski definition) is 0. The Balaban J connectivity index is 0.839. The van der Waals surface area contributed by atoms with Gasteiger partial charge in [-0.3, -0.25) is 0 Å². The Bertz CT molecular complexity index is 5240. The van der Waals surface area contributed by atoms with Crippen LogP contribution in [-0.2, 0) is 0 Å². The number of hydrogen-bond acceptors (Lipinski definition) is 2. The molecule has 0 saturated heterocycles. The molecule has 0 spiro atoms. The van der Waals surface area contributed by atoms with Crippen LogP contribution in [-0.4, -0.2) is 0 Å². The van der Waals surface area contributed by atoms with Crippen molar-refractivity contribution in [2.45, 2.75) is 27.7 Å². The molecule has 0 aliphatic heterocycles. The lowest BCUT2D eigenvalue weighted by Gasteiger charge is -2.28. The van der Waals surface area contributed by atoms with Gasteiger partial charge in [0.1, 0.15) is 0 Å². The van der Waals surface area contributed by atoms with Crippen LogP contribution < -0.4 is 9.80 Å². The molecule has 16 aromatic carbocycles. The maximum atomic E-state index is 2.45. The van der Waals surface area contributed by atoms with E-state index in [9.17, 15) is 0 Å². The van der Waals surface area contributed by atoms with E-state index in [1.807, 2.05) is 0 Å². The van der Waals surface area contributed by atoms with Crippen LogP contribution in [0.15, 0.2) is 328 Å². The standard InChI is InChI=1S/C98H74N2/c1-67-21-29-71(30-22-67)37-41-75-45-53-81(54-46-75)99(82-55-47-76(48-56-82)42-38-72-31-23-68(2)24-32-72)95-63-61-91(85-15-7-9-17-87(85)95)97-89-19-11-12-20-90(89)98(94-66-80-14-6-5-13-79(80)65-93(94)97)92-62-64-96(88-18-10-8-16-86(88)92)100(83-57-49-77(50-58-83)43-39-73-33-25-69(3)26-34-73)84-59-51-78(52-60-84)44-40-74-35-27-70(4)28-36-74/h5-66H,1-4H3. The van der Waals surface area contributed by atoms with Crippen LogP contribution >= 0.6 is 0 Å². The monoisotopic (exact) mass is 1280 g/mol. The van der Waals surface area contributed by atoms with Crippen molar-refractivity contribution in [1.82, 2.24) is 0 Å². The average molecular weight is 1280 g/mol. The quantitative estimate of drug-likeness (QED) is 0.0703. The lowest BCUT2D eigenvalue weighted by molar-refractivity contribution is 1.29. The van der Waals surface area contributed by atoms with Crippen molar-refractivity contribution in [2.24, 2.45) is 0 Å². The van der Waals surface area contributed by atoms with E-state index in [0.29, 0.717) is 0 Å². The lowest BCUT2D eigenvalue weighted by atomic mass is 9.82. The van der Waals surface area contributed by atoms with Crippen LogP contribution in [0.5, 0.6) is 0 Å². The first kappa shape index (κ1) is 62.2. The van der Waals surface area contributed by atoms with Crippen LogP contribution in [0.1, 0.15) is 66.8 Å². The third kappa shape index (κ3) is 12.9. The van der Waals surface area contributed by atoms with Crippen LogP contribution in [0, 0.1) is 27.7 Å². The molecule has 0 N–H and O–H groups in total. The molecule has 476 valence electrons. The molecule has 16 rings (SSSR count). The summed E-state index contributed by atoms with van der Waals surface area (Å²) in [5.41, 5.74) is 25.5. The van der Waals surface area contributed by atoms with Gasteiger partial charge < -0.3 is 9.80 Å². The van der Waals surface area contributed by atoms with Gasteiger partial charge in [0.15, 0.2) is 0 Å². The van der Waals surface area contributed by atoms with E-state index in [1.165, 1.54) is 110 Å². The molecule has 16 aromatic rings. The summed E-state index contributed by atoms with van der Waals surface area (Å²) in [5, 5.41) is 11.8. The fourth-order valence-corrected chi connectivity index (χ4v) is 14.1. The molecular weight excluding hydrogens is 1210 g/mol. The predicted octanol–water partition coefficient (Wildman–Crippen LogP) is 27.6. The molecule has 0 unspecified atom stereocenters. The van der Waals surface area contributed by atoms with Crippen molar-refractivity contribution in [1.29, 1.82) is 0 Å². The smallest absolute Gasteiger partial charge is 0.0540 e. The number of rotatable bonds is 16. The summed E-state index contributed by atoms with van der Waals surface area (Å²) in [7, 11) is 0. The zero-order valence-corrected chi connectivity index (χ0v) is 56.7. The normalized spacial score (nSPS) is 11.8. The van der Waals surface area contributed by atoms with Gasteiger partial charge in [-0.05, 0) is 210 Å². The highest BCUT2D eigenvalue weighted by molar-refractivity contribution is 6.28. The van der Waals surface area contributed by atoms with E-state index in [1.54, 1.807) is 0 Å². The molecule has 0 heterocycles. The Morgan fingerprint density at radius 1 is 0.190 bits per heavy atom. The maximum absolute atomic E-state index is 2.45. The minimum absolute atomic E-state index is 1.07. The van der Waals surface area contributed by atoms with Crippen molar-refractivity contribution in [3.63, 3.8) is 0 Å². The first-order valence-corrected chi connectivity index (χ1v) is 34.6. The Morgan fingerprint density at radius 3 is 0.670 bits per heavy atom. The minimum Gasteiger partial charge on any atom is -0.310 e. The summed E-state index contributed by atoms with van der Waals surface area (Å²) < 4.78 is 0. The van der Waals surface area contributed by atoms with E-state index in [4.69, 9.17) is 0 Å². The number of anilines is 6. The molecular formula is C98H74N2. The Kier molecular flexibility index (Phi) is 17.1. The van der Waals surface area contributed by atoms with Gasteiger partial charge in [-0.25, -0.2) is 0 Å². The molecule has 2 heteroatoms. The van der Waals surface area contributed by atoms with E-state index >= 15 is 0 Å². The van der Waals surface area contributed by atoms with Gasteiger partial charge in [-0.1, -0.05) is 326 Å². The van der Waals surface area contributed by atoms with Crippen molar-refractivity contribution >= 4 is 137 Å². The van der Waals surface area contributed by atoms with Gasteiger partial charge in [0.2, 0.25) is 0 Å². The maximum Gasteiger partial charge on any atom is 0.0540 e. The molecule has 0 bridgehead atoms. The third-order valence-electron chi connectivity index (χ3n) is 19.5. The largest absolute Gasteiger partial charge is 0.310 e. The first-order chi connectivity index (χ1) is 49.2. The molecule has 0 amide bonds. The summed E-state index contributed by atoms with van der Waals surface area (Å²) in [6.07, 6.45) is 17.6. The second-order valence-corrected chi connectivity index (χ2v) is 26.4. The molecule has 0 radical (unpaired) electrons. The molecule has 2 nitrogen and oxygen atoms in total. The highest BCUT2D eigenvalue weighted by Gasteiger charge is 2.25. The van der Waals surface area contributed by atoms with Gasteiger partial charge in [-0.2, -0.15) is 0 Å². The Morgan fingerprint density at radius 2 is 0.410 bits per heavy atom. The highest BCUT2D eigenvalue weighted by Crippen LogP contribution is 2.51. The lowest BCUT2D eigenvalue weighted by Crippen LogP contribution is -2.11. The highest BCUT2D eigenvalue weighted by atomic mass is 15.1. The molecule has 0 aliphatic carbocycles. The summed E-state index contributed by atoms with van der Waals surface area (Å²) in [6, 6.07) is 121. The average Bonchev–Trinajstić information content (AvgIpc) is 0.714. The summed E-state index contributed by atoms with van der Waals surface area (Å²) >= 11 is 0. The fourth-order valence-electron chi connectivity index (χ4n) is 14.1. The molecule has 0 aromatic heterocycles. The Labute approximate surface area is 587 Å². The first-order valence-electron chi connectivity index (χ1n) is 34.6. The number of aryl methyl sites for hydroxylation is 4. The second-order valence-electron chi connectivity index (χ2n) is 26.4. The second kappa shape index (κ2) is 27.5. The Hall–Kier alpha value is -12.6. The summed E-state index contributed by atoms with van der Waals surface area (Å²) in [6.45, 7) is 8.52. The van der Waals surface area contributed by atoms with E-state index in [-0.39, 0.29) is 0 Å². The van der Waals surface area contributed by atoms with E-state index in [0.717, 1.165) is 67.2 Å². The molecule has 0 aliphatic rings. The van der Waals surface area contributed by atoms with Gasteiger partial charge in [0.05, 0.1) is 11.4 Å². The van der Waals surface area contributed by atoms with Crippen molar-refractivity contribution < 1.29 is 0 Å². The van der Waals surface area contributed by atoms with Crippen molar-refractivity contribution in [3.8, 4) is 22.3 Å². The van der Waals surface area contributed by atoms with Gasteiger partial charge >= 0.3 is 0 Å². The number of fused-ring (bicyclic) bond motifs is 5. The summed E-state index contributed by atoms with van der Waals surface area (Å²) in [5.74, 6) is 0. The fraction of sp³-hybridized carbons (Fsp3) is 0.0408. The molecule has 0 fully saturated rings. The number of benzene rings is 16. The molecule has 0 atom stereocenters. The topological polar surface area (TPSA) is 6.48 Å². The van der Waals surface area contributed by atoms with Gasteiger partial charge in [-0.15, -0.1) is 0 Å². The third-order valence-corrected chi connectivity index (χ3v) is 19.5. The van der Waals surface area contributed by atoms with Gasteiger partial charge in [0.25, 0.3) is 0 Å². The van der Waals surface area contributed by atoms with Crippen LogP contribution in [0.2, 0.25) is 0 Å². The molecule has 0 saturated carbocycles. The van der Waals surface area contributed by atoms with Crippen LogP contribution in [0.25, 0.3) is 125 Å². The number of nitrogens with zero attached hydrogens (tertiary/aromatic N) is 2. The van der Waals surface area contributed by atoms with Gasteiger partial charge in [0, 0.05) is 33.5 Å². The van der Waals surface area contributed by atoms with E-state index in [2.05, 4.69) is 414 Å². The molecule has 100 heavy (non-hydrogen) atoms. The van der Waals surface area contributed by atoms with Crippen molar-refractivity contribution in [3.05, 3.63) is 394 Å². The minimum atomic E-state index is 1.07. The zero-order valence-electron chi connectivity index (χ0n) is 56.7. The van der Waals surface area contributed by atoms with Crippen LogP contribution in [0.4, 0.5) is 34.1 Å². The summed E-state index contributed by atoms with van der Waals surface area (Å²) in [4.78, 5) is 4.85. The zero-order chi connectivity index (χ0) is 67.5. The van der Waals surface area contributed by atoms with E-state index < -0.39 is 0 Å². The SMILES string of the molecule is Cc1ccc(C=Cc2ccc(N(c3ccc(C=Cc4ccc(C)cc4)cc3)c3ccc(-c4c5ccccc5c(-c5ccc(N(c6ccc(C=Cc7ccc(C)cc7)cc6)c6ccc(C=Cc7ccc(C)cc7)cc6)c6ccccc56)c5cc6ccccc6cc45)c4ccccc34)cc2)cc1.